The van der Waals surface area contributed by atoms with E-state index in [1.807, 2.05) is 10.6 Å². The third-order valence-corrected chi connectivity index (χ3v) is 5.92. The van der Waals surface area contributed by atoms with E-state index in [9.17, 15) is 9.59 Å². The molecule has 0 unspecified atom stereocenters. The van der Waals surface area contributed by atoms with E-state index < -0.39 is 0 Å². The number of anilines is 1. The van der Waals surface area contributed by atoms with Gasteiger partial charge in [0.25, 0.3) is 5.91 Å². The Hall–Kier alpha value is -3.13. The Morgan fingerprint density at radius 3 is 2.70 bits per heavy atom. The highest BCUT2D eigenvalue weighted by molar-refractivity contribution is 7.99. The zero-order valence-electron chi connectivity index (χ0n) is 16.9. The number of aryl methyl sites for hydroxylation is 2. The van der Waals surface area contributed by atoms with Gasteiger partial charge in [0, 0.05) is 11.7 Å². The lowest BCUT2D eigenvalue weighted by Crippen LogP contribution is -2.27. The first-order chi connectivity index (χ1) is 14.5. The molecule has 30 heavy (non-hydrogen) atoms. The van der Waals surface area contributed by atoms with Crippen LogP contribution in [0.4, 0.5) is 5.69 Å². The fraction of sp³-hybridized carbons (Fsp3) is 0.273. The van der Waals surface area contributed by atoms with Crippen LogP contribution in [0.2, 0.25) is 0 Å². The zero-order chi connectivity index (χ0) is 21.1. The lowest BCUT2D eigenvalue weighted by molar-refractivity contribution is -0.113. The quantitative estimate of drug-likeness (QED) is 0.570. The van der Waals surface area contributed by atoms with Crippen LogP contribution in [-0.2, 0) is 4.79 Å². The van der Waals surface area contributed by atoms with Gasteiger partial charge >= 0.3 is 0 Å². The summed E-state index contributed by atoms with van der Waals surface area (Å²) < 4.78 is 1.86. The second-order valence-electron chi connectivity index (χ2n) is 7.38. The molecule has 1 heterocycles. The summed E-state index contributed by atoms with van der Waals surface area (Å²) >= 11 is 1.30. The van der Waals surface area contributed by atoms with Gasteiger partial charge in [-0.05, 0) is 62.1 Å². The average molecular weight is 422 g/mol. The maximum Gasteiger partial charge on any atom is 0.253 e. The summed E-state index contributed by atoms with van der Waals surface area (Å²) in [5.74, 6) is -0.209. The number of rotatable bonds is 7. The van der Waals surface area contributed by atoms with Crippen molar-refractivity contribution >= 4 is 29.3 Å². The third-order valence-electron chi connectivity index (χ3n) is 4.98. The third kappa shape index (κ3) is 4.71. The number of para-hydroxylation sites is 1. The number of hydrogen-bond acceptors (Lipinski definition) is 5. The number of nitrogens with zero attached hydrogens (tertiary/aromatic N) is 3. The first kappa shape index (κ1) is 20.2. The molecule has 0 bridgehead atoms. The van der Waals surface area contributed by atoms with Crippen LogP contribution in [0.15, 0.2) is 53.9 Å². The van der Waals surface area contributed by atoms with Crippen LogP contribution in [0.5, 0.6) is 0 Å². The van der Waals surface area contributed by atoms with Gasteiger partial charge in [-0.3, -0.25) is 14.2 Å². The summed E-state index contributed by atoms with van der Waals surface area (Å²) in [5.41, 5.74) is 4.33. The van der Waals surface area contributed by atoms with E-state index in [2.05, 4.69) is 46.8 Å². The molecule has 3 aromatic rings. The SMILES string of the molecule is Cc1ccc(-n2cnnc2SCC(=O)Nc2ccccc2C(=O)NC2CC2)cc1C. The molecule has 0 saturated heterocycles. The van der Waals surface area contributed by atoms with Crippen molar-refractivity contribution in [2.24, 2.45) is 0 Å². The van der Waals surface area contributed by atoms with Crippen molar-refractivity contribution in [2.75, 3.05) is 11.1 Å². The highest BCUT2D eigenvalue weighted by Crippen LogP contribution is 2.23. The number of amides is 2. The molecule has 2 aromatic carbocycles. The second-order valence-corrected chi connectivity index (χ2v) is 8.32. The summed E-state index contributed by atoms with van der Waals surface area (Å²) in [6, 6.07) is 13.4. The standard InChI is InChI=1S/C22H23N5O2S/c1-14-7-10-17(11-15(14)2)27-13-23-26-22(27)30-12-20(28)25-19-6-4-3-5-18(19)21(29)24-16-8-9-16/h3-7,10-11,13,16H,8-9,12H2,1-2H3,(H,24,29)(H,25,28). The Morgan fingerprint density at radius 2 is 1.93 bits per heavy atom. The maximum atomic E-state index is 12.5. The fourth-order valence-electron chi connectivity index (χ4n) is 2.97. The Kier molecular flexibility index (Phi) is 5.85. The number of carbonyl (C=O) groups excluding carboxylic acids is 2. The monoisotopic (exact) mass is 421 g/mol. The highest BCUT2D eigenvalue weighted by atomic mass is 32.2. The molecule has 0 aliphatic heterocycles. The number of carbonyl (C=O) groups is 2. The summed E-state index contributed by atoms with van der Waals surface area (Å²) in [7, 11) is 0. The predicted molar refractivity (Wildman–Crippen MR) is 117 cm³/mol. The molecule has 2 N–H and O–H groups in total. The van der Waals surface area contributed by atoms with E-state index >= 15 is 0 Å². The Labute approximate surface area is 179 Å². The second kappa shape index (κ2) is 8.71. The molecule has 8 heteroatoms. The summed E-state index contributed by atoms with van der Waals surface area (Å²) in [5, 5.41) is 14.6. The molecule has 0 radical (unpaired) electrons. The van der Waals surface area contributed by atoms with Crippen LogP contribution in [0.3, 0.4) is 0 Å². The lowest BCUT2D eigenvalue weighted by atomic mass is 10.1. The van der Waals surface area contributed by atoms with Gasteiger partial charge in [0.1, 0.15) is 6.33 Å². The minimum atomic E-state index is -0.207. The van der Waals surface area contributed by atoms with Crippen molar-refractivity contribution in [3.8, 4) is 5.69 Å². The molecule has 2 amide bonds. The van der Waals surface area contributed by atoms with Crippen LogP contribution >= 0.6 is 11.8 Å². The van der Waals surface area contributed by atoms with Gasteiger partial charge in [0.15, 0.2) is 5.16 Å². The van der Waals surface area contributed by atoms with Crippen molar-refractivity contribution < 1.29 is 9.59 Å². The van der Waals surface area contributed by atoms with Crippen LogP contribution in [-0.4, -0.2) is 38.4 Å². The minimum absolute atomic E-state index is 0.155. The summed E-state index contributed by atoms with van der Waals surface area (Å²) in [6.45, 7) is 4.12. The molecule has 154 valence electrons. The van der Waals surface area contributed by atoms with Gasteiger partial charge in [-0.1, -0.05) is 30.0 Å². The topological polar surface area (TPSA) is 88.9 Å². The molecule has 1 aliphatic rings. The molecule has 0 atom stereocenters. The first-order valence-corrected chi connectivity index (χ1v) is 10.8. The largest absolute Gasteiger partial charge is 0.349 e. The molecular weight excluding hydrogens is 398 g/mol. The molecule has 1 saturated carbocycles. The molecule has 1 aromatic heterocycles. The van der Waals surface area contributed by atoms with Gasteiger partial charge in [0.2, 0.25) is 5.91 Å². The van der Waals surface area contributed by atoms with E-state index in [1.54, 1.807) is 30.6 Å². The van der Waals surface area contributed by atoms with Crippen molar-refractivity contribution in [3.63, 3.8) is 0 Å². The van der Waals surface area contributed by atoms with Gasteiger partial charge in [-0.15, -0.1) is 10.2 Å². The van der Waals surface area contributed by atoms with E-state index in [-0.39, 0.29) is 23.6 Å². The van der Waals surface area contributed by atoms with E-state index in [1.165, 1.54) is 22.9 Å². The normalized spacial score (nSPS) is 13.1. The van der Waals surface area contributed by atoms with Crippen LogP contribution in [0.25, 0.3) is 5.69 Å². The number of thioether (sulfide) groups is 1. The Balaban J connectivity index is 1.41. The van der Waals surface area contributed by atoms with E-state index in [0.717, 1.165) is 18.5 Å². The maximum absolute atomic E-state index is 12.5. The van der Waals surface area contributed by atoms with Crippen molar-refractivity contribution in [1.29, 1.82) is 0 Å². The number of aromatic nitrogens is 3. The molecular formula is C22H23N5O2S. The van der Waals surface area contributed by atoms with Gasteiger partial charge in [-0.25, -0.2) is 0 Å². The van der Waals surface area contributed by atoms with Crippen LogP contribution < -0.4 is 10.6 Å². The Morgan fingerprint density at radius 1 is 1.13 bits per heavy atom. The molecule has 7 nitrogen and oxygen atoms in total. The van der Waals surface area contributed by atoms with E-state index in [4.69, 9.17) is 0 Å². The average Bonchev–Trinajstić information content (AvgIpc) is 3.42. The Bertz CT molecular complexity index is 1090. The van der Waals surface area contributed by atoms with Gasteiger partial charge in [-0.2, -0.15) is 0 Å². The van der Waals surface area contributed by atoms with Crippen LogP contribution in [0, 0.1) is 13.8 Å². The van der Waals surface area contributed by atoms with Crippen LogP contribution in [0.1, 0.15) is 34.3 Å². The highest BCUT2D eigenvalue weighted by Gasteiger charge is 2.25. The van der Waals surface area contributed by atoms with Crippen molar-refractivity contribution in [1.82, 2.24) is 20.1 Å². The minimum Gasteiger partial charge on any atom is -0.349 e. The van der Waals surface area contributed by atoms with Gasteiger partial charge in [0.05, 0.1) is 17.0 Å². The molecule has 0 spiro atoms. The molecule has 4 rings (SSSR count). The molecule has 1 aliphatic carbocycles. The van der Waals surface area contributed by atoms with E-state index in [0.29, 0.717) is 16.4 Å². The number of benzene rings is 2. The first-order valence-electron chi connectivity index (χ1n) is 9.81. The lowest BCUT2D eigenvalue weighted by Gasteiger charge is -2.11. The summed E-state index contributed by atoms with van der Waals surface area (Å²) in [4.78, 5) is 24.9. The fourth-order valence-corrected chi connectivity index (χ4v) is 3.70. The summed E-state index contributed by atoms with van der Waals surface area (Å²) in [6.07, 6.45) is 3.66. The predicted octanol–water partition coefficient (Wildman–Crippen LogP) is 3.51. The number of nitrogens with one attached hydrogen (secondary N) is 2. The van der Waals surface area contributed by atoms with Gasteiger partial charge < -0.3 is 10.6 Å². The zero-order valence-corrected chi connectivity index (χ0v) is 17.7. The van der Waals surface area contributed by atoms with Crippen molar-refractivity contribution in [3.05, 3.63) is 65.5 Å². The van der Waals surface area contributed by atoms with Crippen molar-refractivity contribution in [2.45, 2.75) is 37.9 Å². The number of hydrogen-bond donors (Lipinski definition) is 2. The molecule has 1 fully saturated rings. The smallest absolute Gasteiger partial charge is 0.253 e.